The molecule has 1 heterocycles. The van der Waals surface area contributed by atoms with Crippen LogP contribution in [0.5, 0.6) is 0 Å². The number of ether oxygens (including phenoxy) is 1. The molecular weight excluding hydrogens is 216 g/mol. The molecule has 1 amide bonds. The molecule has 0 aromatic carbocycles. The van der Waals surface area contributed by atoms with Gasteiger partial charge in [0.15, 0.2) is 0 Å². The van der Waals surface area contributed by atoms with E-state index in [0.29, 0.717) is 11.9 Å². The molecule has 3 rings (SSSR count). The first kappa shape index (κ1) is 11.5. The first-order chi connectivity index (χ1) is 8.22. The Morgan fingerprint density at radius 3 is 2.82 bits per heavy atom. The molecule has 1 saturated heterocycles. The lowest BCUT2D eigenvalue weighted by molar-refractivity contribution is -0.135. The molecule has 0 aromatic heterocycles. The second kappa shape index (κ2) is 3.95. The number of methoxy groups -OCH3 is 1. The van der Waals surface area contributed by atoms with Crippen molar-refractivity contribution in [2.45, 2.75) is 69.3 Å². The van der Waals surface area contributed by atoms with Crippen molar-refractivity contribution in [2.75, 3.05) is 7.11 Å². The Kier molecular flexibility index (Phi) is 2.67. The maximum atomic E-state index is 12.5. The van der Waals surface area contributed by atoms with Gasteiger partial charge in [-0.3, -0.25) is 10.1 Å². The Hall–Kier alpha value is -0.610. The van der Waals surface area contributed by atoms with E-state index in [2.05, 4.69) is 17.1 Å². The van der Waals surface area contributed by atoms with E-state index >= 15 is 0 Å². The van der Waals surface area contributed by atoms with Gasteiger partial charge in [-0.2, -0.15) is 0 Å². The average molecular weight is 238 g/mol. The smallest absolute Gasteiger partial charge is 0.244 e. The number of hydrogen-bond donors (Lipinski definition) is 1. The number of amides is 1. The summed E-state index contributed by atoms with van der Waals surface area (Å²) in [7, 11) is 1.77. The second-order valence-corrected chi connectivity index (χ2v) is 5.64. The zero-order chi connectivity index (χ0) is 12.0. The molecule has 17 heavy (non-hydrogen) atoms. The van der Waals surface area contributed by atoms with E-state index in [0.717, 1.165) is 32.1 Å². The van der Waals surface area contributed by atoms with Gasteiger partial charge >= 0.3 is 0 Å². The van der Waals surface area contributed by atoms with E-state index in [4.69, 9.17) is 4.74 Å². The molecule has 1 spiro atoms. The fourth-order valence-corrected chi connectivity index (χ4v) is 3.50. The molecule has 1 N–H and O–H groups in total. The van der Waals surface area contributed by atoms with Gasteiger partial charge in [-0.25, -0.2) is 0 Å². The lowest BCUT2D eigenvalue weighted by Crippen LogP contribution is -2.48. The van der Waals surface area contributed by atoms with E-state index in [-0.39, 0.29) is 17.8 Å². The highest BCUT2D eigenvalue weighted by Gasteiger charge is 2.60. The third kappa shape index (κ3) is 1.61. The molecule has 96 valence electrons. The minimum absolute atomic E-state index is 0.179. The van der Waals surface area contributed by atoms with Crippen LogP contribution in [0.3, 0.4) is 0 Å². The quantitative estimate of drug-likeness (QED) is 0.804. The fraction of sp³-hybridized carbons (Fsp3) is 0.923. The van der Waals surface area contributed by atoms with Gasteiger partial charge in [0.1, 0.15) is 0 Å². The highest BCUT2D eigenvalue weighted by Crippen LogP contribution is 2.45. The van der Waals surface area contributed by atoms with Gasteiger partial charge in [0.05, 0.1) is 23.9 Å². The van der Waals surface area contributed by atoms with E-state index in [1.807, 2.05) is 0 Å². The minimum atomic E-state index is -0.179. The van der Waals surface area contributed by atoms with Crippen LogP contribution in [0, 0.1) is 0 Å². The molecular formula is C13H22N2O2. The van der Waals surface area contributed by atoms with E-state index < -0.39 is 0 Å². The predicted octanol–water partition coefficient (Wildman–Crippen LogP) is 1.25. The highest BCUT2D eigenvalue weighted by atomic mass is 16.5. The maximum absolute atomic E-state index is 12.5. The van der Waals surface area contributed by atoms with Crippen molar-refractivity contribution in [1.82, 2.24) is 10.2 Å². The molecule has 3 unspecified atom stereocenters. The standard InChI is InChI=1S/C13H22N2O2/c1-3-11-14-13(7-8-13)12(16)15(11)9-5-4-6-10(9)17-2/h9-11,14H,3-8H2,1-2H3. The Morgan fingerprint density at radius 2 is 2.24 bits per heavy atom. The van der Waals surface area contributed by atoms with Crippen LogP contribution >= 0.6 is 0 Å². The third-order valence-corrected chi connectivity index (χ3v) is 4.64. The summed E-state index contributed by atoms with van der Waals surface area (Å²) >= 11 is 0. The van der Waals surface area contributed by atoms with E-state index in [1.165, 1.54) is 6.42 Å². The normalized spacial score (nSPS) is 39.3. The summed E-state index contributed by atoms with van der Waals surface area (Å²) in [6.07, 6.45) is 6.85. The number of nitrogens with one attached hydrogen (secondary N) is 1. The summed E-state index contributed by atoms with van der Waals surface area (Å²) in [5.41, 5.74) is -0.179. The number of carbonyl (C=O) groups is 1. The summed E-state index contributed by atoms with van der Waals surface area (Å²) in [6, 6.07) is 0.296. The maximum Gasteiger partial charge on any atom is 0.244 e. The molecule has 3 fully saturated rings. The molecule has 4 heteroatoms. The Bertz CT molecular complexity index is 327. The third-order valence-electron chi connectivity index (χ3n) is 4.64. The summed E-state index contributed by atoms with van der Waals surface area (Å²) in [5, 5.41) is 3.53. The number of carbonyl (C=O) groups excluding carboxylic acids is 1. The summed E-state index contributed by atoms with van der Waals surface area (Å²) in [5.74, 6) is 0.332. The lowest BCUT2D eigenvalue weighted by atomic mass is 10.1. The minimum Gasteiger partial charge on any atom is -0.379 e. The Labute approximate surface area is 103 Å². The zero-order valence-corrected chi connectivity index (χ0v) is 10.7. The lowest BCUT2D eigenvalue weighted by Gasteiger charge is -2.33. The van der Waals surface area contributed by atoms with E-state index in [1.54, 1.807) is 7.11 Å². The SMILES string of the molecule is CCC1NC2(CC2)C(=O)N1C1CCCC1OC. The average Bonchev–Trinajstić information content (AvgIpc) is 2.87. The van der Waals surface area contributed by atoms with Gasteiger partial charge in [0, 0.05) is 7.11 Å². The summed E-state index contributed by atoms with van der Waals surface area (Å²) < 4.78 is 5.54. The zero-order valence-electron chi connectivity index (χ0n) is 10.7. The predicted molar refractivity (Wildman–Crippen MR) is 64.5 cm³/mol. The van der Waals surface area contributed by atoms with Gasteiger partial charge < -0.3 is 9.64 Å². The van der Waals surface area contributed by atoms with Crippen molar-refractivity contribution in [3.8, 4) is 0 Å². The summed E-state index contributed by atoms with van der Waals surface area (Å²) in [4.78, 5) is 14.6. The Balaban J connectivity index is 1.82. The first-order valence-electron chi connectivity index (χ1n) is 6.85. The molecule has 2 saturated carbocycles. The molecule has 2 aliphatic carbocycles. The molecule has 4 nitrogen and oxygen atoms in total. The number of hydrogen-bond acceptors (Lipinski definition) is 3. The fourth-order valence-electron chi connectivity index (χ4n) is 3.50. The highest BCUT2D eigenvalue weighted by molar-refractivity contribution is 5.92. The van der Waals surface area contributed by atoms with Crippen LogP contribution in [-0.2, 0) is 9.53 Å². The van der Waals surface area contributed by atoms with Crippen molar-refractivity contribution < 1.29 is 9.53 Å². The second-order valence-electron chi connectivity index (χ2n) is 5.64. The Morgan fingerprint density at radius 1 is 1.47 bits per heavy atom. The van der Waals surface area contributed by atoms with Gasteiger partial charge in [-0.05, 0) is 38.5 Å². The molecule has 0 radical (unpaired) electrons. The first-order valence-corrected chi connectivity index (χ1v) is 6.85. The number of nitrogens with zero attached hydrogens (tertiary/aromatic N) is 1. The largest absolute Gasteiger partial charge is 0.379 e. The van der Waals surface area contributed by atoms with Crippen LogP contribution in [-0.4, -0.2) is 41.8 Å². The summed E-state index contributed by atoms with van der Waals surface area (Å²) in [6.45, 7) is 2.15. The van der Waals surface area contributed by atoms with Gasteiger partial charge in [-0.15, -0.1) is 0 Å². The van der Waals surface area contributed by atoms with Crippen LogP contribution in [0.2, 0.25) is 0 Å². The van der Waals surface area contributed by atoms with Crippen LogP contribution in [0.1, 0.15) is 45.4 Å². The topological polar surface area (TPSA) is 41.6 Å². The van der Waals surface area contributed by atoms with Crippen molar-refractivity contribution in [2.24, 2.45) is 0 Å². The van der Waals surface area contributed by atoms with Gasteiger partial charge in [-0.1, -0.05) is 6.92 Å². The van der Waals surface area contributed by atoms with Crippen LogP contribution in [0.4, 0.5) is 0 Å². The van der Waals surface area contributed by atoms with Crippen molar-refractivity contribution in [3.63, 3.8) is 0 Å². The van der Waals surface area contributed by atoms with Crippen molar-refractivity contribution in [1.29, 1.82) is 0 Å². The van der Waals surface area contributed by atoms with Gasteiger partial charge in [0.25, 0.3) is 0 Å². The molecule has 1 aliphatic heterocycles. The monoisotopic (exact) mass is 238 g/mol. The molecule has 0 aromatic rings. The molecule has 0 bridgehead atoms. The van der Waals surface area contributed by atoms with Crippen LogP contribution < -0.4 is 5.32 Å². The number of rotatable bonds is 3. The van der Waals surface area contributed by atoms with Crippen LogP contribution in [0.15, 0.2) is 0 Å². The van der Waals surface area contributed by atoms with Crippen molar-refractivity contribution in [3.05, 3.63) is 0 Å². The van der Waals surface area contributed by atoms with Crippen LogP contribution in [0.25, 0.3) is 0 Å². The molecule has 3 atom stereocenters. The molecule has 3 aliphatic rings. The van der Waals surface area contributed by atoms with Gasteiger partial charge in [0.2, 0.25) is 5.91 Å². The van der Waals surface area contributed by atoms with E-state index in [9.17, 15) is 4.79 Å². The van der Waals surface area contributed by atoms with Crippen molar-refractivity contribution >= 4 is 5.91 Å².